The first-order valence-corrected chi connectivity index (χ1v) is 9.44. The van der Waals surface area contributed by atoms with E-state index in [0.717, 1.165) is 37.1 Å². The highest BCUT2D eigenvalue weighted by Gasteiger charge is 2.30. The first kappa shape index (κ1) is 17.0. The van der Waals surface area contributed by atoms with Gasteiger partial charge in [-0.05, 0) is 37.4 Å². The van der Waals surface area contributed by atoms with E-state index in [2.05, 4.69) is 53.3 Å². The Labute approximate surface area is 155 Å². The van der Waals surface area contributed by atoms with Crippen molar-refractivity contribution in [2.24, 2.45) is 5.10 Å². The highest BCUT2D eigenvalue weighted by atomic mass is 16.2. The second kappa shape index (κ2) is 7.42. The lowest BCUT2D eigenvalue weighted by Gasteiger charge is -2.25. The van der Waals surface area contributed by atoms with Gasteiger partial charge in [-0.2, -0.15) is 5.10 Å². The summed E-state index contributed by atoms with van der Waals surface area (Å²) in [5.41, 5.74) is 4.72. The lowest BCUT2D eigenvalue weighted by atomic mass is 10.0. The Morgan fingerprint density at radius 1 is 1.12 bits per heavy atom. The summed E-state index contributed by atoms with van der Waals surface area (Å²) in [6, 6.07) is 19.1. The standard InChI is InChI=1S/C22H25N3O/c1-17-7-5-10-19(15-17)21-11-6-13-24(21)16-22(26)25-14-12-20(23-25)18-8-3-2-4-9-18/h2-5,7-10,15,21H,6,11-14,16H2,1H3/t21-/m0/s1. The third-order valence-electron chi connectivity index (χ3n) is 5.33. The van der Waals surface area contributed by atoms with E-state index in [0.29, 0.717) is 19.1 Å². The van der Waals surface area contributed by atoms with Crippen LogP contribution in [0.4, 0.5) is 0 Å². The Balaban J connectivity index is 1.44. The first-order valence-electron chi connectivity index (χ1n) is 9.44. The fourth-order valence-electron chi connectivity index (χ4n) is 4.00. The molecular weight excluding hydrogens is 322 g/mol. The number of rotatable bonds is 4. The van der Waals surface area contributed by atoms with Crippen molar-refractivity contribution >= 4 is 11.6 Å². The van der Waals surface area contributed by atoms with E-state index < -0.39 is 0 Å². The third-order valence-corrected chi connectivity index (χ3v) is 5.33. The quantitative estimate of drug-likeness (QED) is 0.844. The minimum absolute atomic E-state index is 0.107. The molecule has 2 aliphatic heterocycles. The second-order valence-electron chi connectivity index (χ2n) is 7.22. The van der Waals surface area contributed by atoms with Crippen LogP contribution >= 0.6 is 0 Å². The molecule has 0 radical (unpaired) electrons. The minimum Gasteiger partial charge on any atom is -0.287 e. The van der Waals surface area contributed by atoms with Crippen molar-refractivity contribution in [2.45, 2.75) is 32.2 Å². The van der Waals surface area contributed by atoms with Crippen LogP contribution in [0.15, 0.2) is 59.7 Å². The van der Waals surface area contributed by atoms with E-state index in [4.69, 9.17) is 0 Å². The zero-order chi connectivity index (χ0) is 17.9. The van der Waals surface area contributed by atoms with Crippen molar-refractivity contribution in [1.29, 1.82) is 0 Å². The van der Waals surface area contributed by atoms with Gasteiger partial charge in [0.15, 0.2) is 0 Å². The van der Waals surface area contributed by atoms with Gasteiger partial charge in [0.25, 0.3) is 5.91 Å². The van der Waals surface area contributed by atoms with Crippen LogP contribution in [0.2, 0.25) is 0 Å². The zero-order valence-electron chi connectivity index (χ0n) is 15.3. The summed E-state index contributed by atoms with van der Waals surface area (Å²) < 4.78 is 0. The summed E-state index contributed by atoms with van der Waals surface area (Å²) in [5.74, 6) is 0.107. The molecule has 1 fully saturated rings. The van der Waals surface area contributed by atoms with Crippen molar-refractivity contribution < 1.29 is 4.79 Å². The van der Waals surface area contributed by atoms with E-state index >= 15 is 0 Å². The fourth-order valence-corrected chi connectivity index (χ4v) is 4.00. The summed E-state index contributed by atoms with van der Waals surface area (Å²) >= 11 is 0. The number of hydrogen-bond donors (Lipinski definition) is 0. The monoisotopic (exact) mass is 347 g/mol. The summed E-state index contributed by atoms with van der Waals surface area (Å²) in [6.07, 6.45) is 3.09. The first-order chi connectivity index (χ1) is 12.7. The van der Waals surface area contributed by atoms with E-state index in [9.17, 15) is 4.79 Å². The molecule has 0 unspecified atom stereocenters. The Hall–Kier alpha value is -2.46. The van der Waals surface area contributed by atoms with Crippen LogP contribution in [0.25, 0.3) is 0 Å². The molecule has 134 valence electrons. The van der Waals surface area contributed by atoms with Crippen LogP contribution in [0.3, 0.4) is 0 Å². The van der Waals surface area contributed by atoms with Crippen molar-refractivity contribution in [3.63, 3.8) is 0 Å². The highest BCUT2D eigenvalue weighted by Crippen LogP contribution is 2.32. The summed E-state index contributed by atoms with van der Waals surface area (Å²) in [7, 11) is 0. The fraction of sp³-hybridized carbons (Fsp3) is 0.364. The number of likely N-dealkylation sites (tertiary alicyclic amines) is 1. The van der Waals surface area contributed by atoms with E-state index in [-0.39, 0.29) is 5.91 Å². The molecule has 0 N–H and O–H groups in total. The molecule has 0 aliphatic carbocycles. The van der Waals surface area contributed by atoms with E-state index in [1.165, 1.54) is 11.1 Å². The Bertz CT molecular complexity index is 815. The molecule has 0 aromatic heterocycles. The Morgan fingerprint density at radius 3 is 2.77 bits per heavy atom. The molecule has 26 heavy (non-hydrogen) atoms. The molecule has 2 aliphatic rings. The molecular formula is C22H25N3O. The topological polar surface area (TPSA) is 35.9 Å². The maximum absolute atomic E-state index is 12.8. The molecule has 2 heterocycles. The van der Waals surface area contributed by atoms with Gasteiger partial charge in [0.2, 0.25) is 0 Å². The van der Waals surface area contributed by atoms with Gasteiger partial charge in [-0.15, -0.1) is 0 Å². The van der Waals surface area contributed by atoms with Crippen molar-refractivity contribution in [3.8, 4) is 0 Å². The van der Waals surface area contributed by atoms with Crippen LogP contribution in [0.5, 0.6) is 0 Å². The van der Waals surface area contributed by atoms with Crippen LogP contribution in [-0.4, -0.2) is 41.2 Å². The van der Waals surface area contributed by atoms with Gasteiger partial charge in [-0.1, -0.05) is 60.2 Å². The lowest BCUT2D eigenvalue weighted by Crippen LogP contribution is -2.36. The smallest absolute Gasteiger partial charge is 0.256 e. The SMILES string of the molecule is Cc1cccc([C@@H]2CCCN2CC(=O)N2CCC(c3ccccc3)=N2)c1. The van der Waals surface area contributed by atoms with Crippen LogP contribution < -0.4 is 0 Å². The average Bonchev–Trinajstić information content (AvgIpc) is 3.32. The van der Waals surface area contributed by atoms with Crippen molar-refractivity contribution in [3.05, 3.63) is 71.3 Å². The maximum Gasteiger partial charge on any atom is 0.256 e. The molecule has 4 rings (SSSR count). The number of hydrogen-bond acceptors (Lipinski definition) is 3. The summed E-state index contributed by atoms with van der Waals surface area (Å²) in [6.45, 7) is 4.24. The molecule has 2 aromatic rings. The molecule has 0 saturated carbocycles. The van der Waals surface area contributed by atoms with E-state index in [1.807, 2.05) is 18.2 Å². The van der Waals surface area contributed by atoms with Gasteiger partial charge in [-0.3, -0.25) is 9.69 Å². The molecule has 2 aromatic carbocycles. The number of carbonyl (C=O) groups excluding carboxylic acids is 1. The molecule has 4 nitrogen and oxygen atoms in total. The number of benzene rings is 2. The Morgan fingerprint density at radius 2 is 1.96 bits per heavy atom. The molecule has 1 atom stereocenters. The molecule has 0 bridgehead atoms. The van der Waals surface area contributed by atoms with Crippen LogP contribution in [0.1, 0.15) is 42.0 Å². The highest BCUT2D eigenvalue weighted by molar-refractivity contribution is 6.02. The van der Waals surface area contributed by atoms with Crippen LogP contribution in [0, 0.1) is 6.92 Å². The van der Waals surface area contributed by atoms with Gasteiger partial charge >= 0.3 is 0 Å². The minimum atomic E-state index is 0.107. The maximum atomic E-state index is 12.8. The number of nitrogens with zero attached hydrogens (tertiary/aromatic N) is 3. The van der Waals surface area contributed by atoms with Gasteiger partial charge in [0.05, 0.1) is 18.8 Å². The van der Waals surface area contributed by atoms with Gasteiger partial charge in [-0.25, -0.2) is 5.01 Å². The Kier molecular flexibility index (Phi) is 4.85. The van der Waals surface area contributed by atoms with Crippen molar-refractivity contribution in [1.82, 2.24) is 9.91 Å². The normalized spacial score (nSPS) is 20.4. The molecule has 4 heteroatoms. The van der Waals surface area contributed by atoms with Crippen LogP contribution in [-0.2, 0) is 4.79 Å². The predicted octanol–water partition coefficient (Wildman–Crippen LogP) is 3.77. The van der Waals surface area contributed by atoms with Gasteiger partial charge < -0.3 is 0 Å². The number of carbonyl (C=O) groups is 1. The number of amides is 1. The lowest BCUT2D eigenvalue weighted by molar-refractivity contribution is -0.132. The van der Waals surface area contributed by atoms with Gasteiger partial charge in [0.1, 0.15) is 0 Å². The molecule has 0 spiro atoms. The van der Waals surface area contributed by atoms with E-state index in [1.54, 1.807) is 5.01 Å². The largest absolute Gasteiger partial charge is 0.287 e. The van der Waals surface area contributed by atoms with Gasteiger partial charge in [0, 0.05) is 12.5 Å². The zero-order valence-corrected chi connectivity index (χ0v) is 15.3. The molecule has 1 saturated heterocycles. The second-order valence-corrected chi connectivity index (χ2v) is 7.22. The summed E-state index contributed by atoms with van der Waals surface area (Å²) in [5, 5.41) is 6.25. The van der Waals surface area contributed by atoms with Crippen molar-refractivity contribution in [2.75, 3.05) is 19.6 Å². The predicted molar refractivity (Wildman–Crippen MR) is 104 cm³/mol. The number of aryl methyl sites for hydroxylation is 1. The summed E-state index contributed by atoms with van der Waals surface area (Å²) in [4.78, 5) is 15.1. The average molecular weight is 347 g/mol. The number of hydrazone groups is 1. The molecule has 1 amide bonds. The third kappa shape index (κ3) is 3.56.